The van der Waals surface area contributed by atoms with Gasteiger partial charge in [-0.1, -0.05) is 30.1 Å². The van der Waals surface area contributed by atoms with Crippen LogP contribution in [0.5, 0.6) is 5.75 Å². The molecule has 0 aliphatic carbocycles. The van der Waals surface area contributed by atoms with Gasteiger partial charge in [0.15, 0.2) is 0 Å². The van der Waals surface area contributed by atoms with Crippen LogP contribution in [0.1, 0.15) is 48.1 Å². The summed E-state index contributed by atoms with van der Waals surface area (Å²) >= 11 is 0. The first-order valence-electron chi connectivity index (χ1n) is 10.3. The Balaban J connectivity index is 2.25. The van der Waals surface area contributed by atoms with E-state index in [0.717, 1.165) is 11.6 Å². The maximum atomic E-state index is 13.3. The van der Waals surface area contributed by atoms with Gasteiger partial charge in [-0.2, -0.15) is 18.4 Å². The van der Waals surface area contributed by atoms with E-state index in [9.17, 15) is 23.5 Å². The van der Waals surface area contributed by atoms with Crippen LogP contribution in [-0.2, 0) is 17.3 Å². The molecule has 2 aromatic rings. The fourth-order valence-electron chi connectivity index (χ4n) is 2.96. The second-order valence-corrected chi connectivity index (χ2v) is 7.01. The van der Waals surface area contributed by atoms with Crippen molar-refractivity contribution in [2.24, 2.45) is 0 Å². The van der Waals surface area contributed by atoms with Crippen LogP contribution in [0.2, 0.25) is 0 Å². The molecule has 0 saturated heterocycles. The number of nitriles is 1. The van der Waals surface area contributed by atoms with E-state index in [-0.39, 0.29) is 5.56 Å². The van der Waals surface area contributed by atoms with E-state index < -0.39 is 17.5 Å². The van der Waals surface area contributed by atoms with Crippen LogP contribution in [0.3, 0.4) is 0 Å². The summed E-state index contributed by atoms with van der Waals surface area (Å²) in [6, 6.07) is 9.93. The molecule has 1 N–H and O–H groups in total. The molecule has 0 aromatic heterocycles. The minimum absolute atomic E-state index is 0.232. The van der Waals surface area contributed by atoms with Crippen molar-refractivity contribution in [2.75, 3.05) is 6.61 Å². The third-order valence-corrected chi connectivity index (χ3v) is 4.52. The van der Waals surface area contributed by atoms with Gasteiger partial charge in [0.2, 0.25) is 0 Å². The number of benzene rings is 2. The van der Waals surface area contributed by atoms with Gasteiger partial charge in [0.1, 0.15) is 11.5 Å². The molecular weight excluding hydrogens is 427 g/mol. The minimum Gasteiger partial charge on any atom is -0.508 e. The second-order valence-electron chi connectivity index (χ2n) is 7.01. The van der Waals surface area contributed by atoms with E-state index in [2.05, 4.69) is 17.9 Å². The average molecular weight is 451 g/mol. The van der Waals surface area contributed by atoms with Crippen molar-refractivity contribution in [3.63, 3.8) is 0 Å². The predicted octanol–water partition coefficient (Wildman–Crippen LogP) is 6.67. The number of halogens is 3. The molecule has 0 bridgehead atoms. The molecule has 0 aliphatic rings. The molecule has 33 heavy (non-hydrogen) atoms. The van der Waals surface area contributed by atoms with E-state index >= 15 is 0 Å². The number of phenols is 1. The average Bonchev–Trinajstić information content (AvgIpc) is 2.79. The lowest BCUT2D eigenvalue weighted by Crippen LogP contribution is -2.07. The topological polar surface area (TPSA) is 53.2 Å². The van der Waals surface area contributed by atoms with Crippen LogP contribution in [0.25, 0.3) is 0 Å². The van der Waals surface area contributed by atoms with Crippen molar-refractivity contribution in [1.82, 2.24) is 0 Å². The fourth-order valence-corrected chi connectivity index (χ4v) is 2.96. The van der Waals surface area contributed by atoms with Crippen molar-refractivity contribution in [1.29, 1.82) is 5.26 Å². The van der Waals surface area contributed by atoms with E-state index in [4.69, 9.17) is 4.74 Å². The highest BCUT2D eigenvalue weighted by Gasteiger charge is 2.33. The van der Waals surface area contributed by atoms with Gasteiger partial charge in [0, 0.05) is 11.1 Å². The zero-order chi connectivity index (χ0) is 24.3. The zero-order valence-electron chi connectivity index (χ0n) is 18.4. The summed E-state index contributed by atoms with van der Waals surface area (Å²) in [7, 11) is 0. The molecule has 0 spiro atoms. The fraction of sp³-hybridized carbons (Fsp3) is 0.222. The molecule has 2 aromatic carbocycles. The summed E-state index contributed by atoms with van der Waals surface area (Å²) in [6.45, 7) is 4.22. The van der Waals surface area contributed by atoms with Crippen LogP contribution in [0.4, 0.5) is 13.2 Å². The number of hydrogen-bond donors (Lipinski definition) is 1. The van der Waals surface area contributed by atoms with Gasteiger partial charge in [0.05, 0.1) is 23.8 Å². The molecule has 0 radical (unpaired) electrons. The van der Waals surface area contributed by atoms with Crippen LogP contribution in [0, 0.1) is 23.2 Å². The summed E-state index contributed by atoms with van der Waals surface area (Å²) in [5, 5.41) is 18.6. The van der Waals surface area contributed by atoms with Crippen molar-refractivity contribution in [2.45, 2.75) is 32.9 Å². The molecule has 6 heteroatoms. The number of hydrogen-bond acceptors (Lipinski definition) is 3. The molecule has 0 heterocycles. The molecular formula is C27H24F3NO2. The molecule has 170 valence electrons. The van der Waals surface area contributed by atoms with Crippen LogP contribution in [0.15, 0.2) is 72.5 Å². The number of ether oxygens (including phenoxy) is 1. The Morgan fingerprint density at radius 1 is 1.06 bits per heavy atom. The maximum Gasteiger partial charge on any atom is 0.417 e. The number of allylic oxidation sites excluding steroid dienone is 5. The molecule has 0 amide bonds. The highest BCUT2D eigenvalue weighted by molar-refractivity contribution is 5.53. The van der Waals surface area contributed by atoms with Crippen molar-refractivity contribution < 1.29 is 23.0 Å². The minimum atomic E-state index is -4.64. The van der Waals surface area contributed by atoms with E-state index in [0.29, 0.717) is 42.4 Å². The molecule has 0 unspecified atom stereocenters. The predicted molar refractivity (Wildman–Crippen MR) is 122 cm³/mol. The maximum absolute atomic E-state index is 13.3. The van der Waals surface area contributed by atoms with Gasteiger partial charge in [-0.05, 0) is 80.8 Å². The van der Waals surface area contributed by atoms with E-state index in [1.54, 1.807) is 18.2 Å². The highest BCUT2D eigenvalue weighted by atomic mass is 19.4. The number of nitrogens with zero attached hydrogens (tertiary/aromatic N) is 1. The van der Waals surface area contributed by atoms with Crippen molar-refractivity contribution in [3.8, 4) is 23.7 Å². The Bertz CT molecular complexity index is 1160. The number of aryl methyl sites for hydroxylation is 1. The molecule has 2 rings (SSSR count). The van der Waals surface area contributed by atoms with E-state index in [1.165, 1.54) is 6.07 Å². The highest BCUT2D eigenvalue weighted by Crippen LogP contribution is 2.33. The quantitative estimate of drug-likeness (QED) is 0.221. The van der Waals surface area contributed by atoms with Gasteiger partial charge in [-0.15, -0.1) is 0 Å². The van der Waals surface area contributed by atoms with E-state index in [1.807, 2.05) is 44.2 Å². The summed E-state index contributed by atoms with van der Waals surface area (Å²) < 4.78 is 45.6. The third kappa shape index (κ3) is 7.94. The molecule has 0 atom stereocenters. The zero-order valence-corrected chi connectivity index (χ0v) is 18.4. The summed E-state index contributed by atoms with van der Waals surface area (Å²) in [4.78, 5) is 0. The first-order valence-corrected chi connectivity index (χ1v) is 10.3. The Morgan fingerprint density at radius 2 is 1.79 bits per heavy atom. The van der Waals surface area contributed by atoms with Gasteiger partial charge < -0.3 is 9.84 Å². The number of alkyl halides is 3. The van der Waals surface area contributed by atoms with Gasteiger partial charge in [-0.3, -0.25) is 0 Å². The molecule has 0 saturated carbocycles. The molecule has 0 fully saturated rings. The first-order chi connectivity index (χ1) is 15.8. The molecule has 3 nitrogen and oxygen atoms in total. The SMILES string of the molecule is C\C=C/C=C(\C=C/C)OCCCc1cc(C#N)ccc1C#Cc1ccc(O)cc1C(F)(F)F. The smallest absolute Gasteiger partial charge is 0.417 e. The number of phenolic OH excluding ortho intramolecular Hbond substituents is 1. The summed E-state index contributed by atoms with van der Waals surface area (Å²) in [5.74, 6) is 5.60. The first kappa shape index (κ1) is 25.4. The molecule has 0 aliphatic heterocycles. The Hall–Kier alpha value is -3.90. The van der Waals surface area contributed by atoms with Crippen molar-refractivity contribution >= 4 is 0 Å². The number of aromatic hydroxyl groups is 1. The van der Waals surface area contributed by atoms with Gasteiger partial charge in [0.25, 0.3) is 0 Å². The summed E-state index contributed by atoms with van der Waals surface area (Å²) in [5.41, 5.74) is 0.502. The van der Waals surface area contributed by atoms with Crippen LogP contribution < -0.4 is 0 Å². The Morgan fingerprint density at radius 3 is 2.45 bits per heavy atom. The Kier molecular flexibility index (Phi) is 9.39. The monoisotopic (exact) mass is 451 g/mol. The lowest BCUT2D eigenvalue weighted by Gasteiger charge is -2.10. The van der Waals surface area contributed by atoms with Crippen LogP contribution in [-0.4, -0.2) is 11.7 Å². The normalized spacial score (nSPS) is 11.9. The number of rotatable bonds is 7. The van der Waals surface area contributed by atoms with Crippen molar-refractivity contribution in [3.05, 3.63) is 100 Å². The Labute approximate surface area is 192 Å². The van der Waals surface area contributed by atoms with Gasteiger partial charge >= 0.3 is 6.18 Å². The third-order valence-electron chi connectivity index (χ3n) is 4.52. The standard InChI is InChI=1S/C27H24F3NO2/c1-3-5-9-25(7-4-2)33-16-6-8-23-17-20(19-31)10-11-21(23)12-13-22-14-15-24(32)18-26(22)27(28,29)30/h3-5,7,9-11,14-15,17-18,32H,6,8,16H2,1-2H3/b5-3-,7-4-,25-9+. The summed E-state index contributed by atoms with van der Waals surface area (Å²) in [6.07, 6.45) is 5.86. The van der Waals surface area contributed by atoms with Crippen LogP contribution >= 0.6 is 0 Å². The lowest BCUT2D eigenvalue weighted by molar-refractivity contribution is -0.137. The van der Waals surface area contributed by atoms with Gasteiger partial charge in [-0.25, -0.2) is 0 Å². The second kappa shape index (κ2) is 12.2. The largest absolute Gasteiger partial charge is 0.508 e. The lowest BCUT2D eigenvalue weighted by atomic mass is 9.99.